The molecule has 0 aliphatic rings. The zero-order chi connectivity index (χ0) is 15.9. The summed E-state index contributed by atoms with van der Waals surface area (Å²) in [6, 6.07) is -0.198. The minimum Gasteiger partial charge on any atom is -0.409 e. The highest BCUT2D eigenvalue weighted by Gasteiger charge is 2.41. The Bertz CT molecular complexity index is 464. The van der Waals surface area contributed by atoms with Crippen LogP contribution in [0, 0.1) is 5.41 Å². The molecule has 0 bridgehead atoms. The molecular formula is C14H25N5O2. The van der Waals surface area contributed by atoms with Gasteiger partial charge in [-0.3, -0.25) is 9.89 Å². The van der Waals surface area contributed by atoms with Crippen molar-refractivity contribution in [2.45, 2.75) is 52.5 Å². The number of amidine groups is 1. The summed E-state index contributed by atoms with van der Waals surface area (Å²) in [5.74, 6) is -0.238. The molecule has 1 aromatic heterocycles. The monoisotopic (exact) mass is 295 g/mol. The fraction of sp³-hybridized carbons (Fsp3) is 0.643. The van der Waals surface area contributed by atoms with Crippen molar-refractivity contribution in [1.29, 1.82) is 0 Å². The third-order valence-electron chi connectivity index (χ3n) is 3.75. The molecule has 21 heavy (non-hydrogen) atoms. The van der Waals surface area contributed by atoms with Gasteiger partial charge in [0.1, 0.15) is 5.41 Å². The van der Waals surface area contributed by atoms with Crippen LogP contribution in [-0.4, -0.2) is 27.1 Å². The number of H-pyrrole nitrogens is 1. The van der Waals surface area contributed by atoms with E-state index in [0.29, 0.717) is 12.8 Å². The number of amides is 1. The van der Waals surface area contributed by atoms with Crippen molar-refractivity contribution < 1.29 is 10.0 Å². The molecule has 0 saturated carbocycles. The van der Waals surface area contributed by atoms with Crippen LogP contribution in [0.2, 0.25) is 0 Å². The largest absolute Gasteiger partial charge is 0.409 e. The SMILES string of the molecule is CCCC(CCC)(C(=O)NC(C)c1cn[nH]c1)C(N)=NO. The third-order valence-corrected chi connectivity index (χ3v) is 3.75. The highest BCUT2D eigenvalue weighted by Crippen LogP contribution is 2.31. The van der Waals surface area contributed by atoms with E-state index in [1.807, 2.05) is 20.8 Å². The summed E-state index contributed by atoms with van der Waals surface area (Å²) >= 11 is 0. The lowest BCUT2D eigenvalue weighted by Crippen LogP contribution is -2.50. The fourth-order valence-corrected chi connectivity index (χ4v) is 2.59. The molecular weight excluding hydrogens is 270 g/mol. The predicted molar refractivity (Wildman–Crippen MR) is 80.8 cm³/mol. The van der Waals surface area contributed by atoms with E-state index in [4.69, 9.17) is 10.9 Å². The number of hydrogen-bond acceptors (Lipinski definition) is 4. The smallest absolute Gasteiger partial charge is 0.234 e. The van der Waals surface area contributed by atoms with E-state index in [2.05, 4.69) is 20.7 Å². The molecule has 0 aliphatic carbocycles. The Morgan fingerprint density at radius 1 is 1.52 bits per heavy atom. The molecule has 0 aromatic carbocycles. The van der Waals surface area contributed by atoms with Crippen LogP contribution in [0.1, 0.15) is 58.1 Å². The molecule has 1 atom stereocenters. The van der Waals surface area contributed by atoms with Crippen molar-refractivity contribution in [2.75, 3.05) is 0 Å². The van der Waals surface area contributed by atoms with E-state index in [1.165, 1.54) is 0 Å². The number of nitrogens with two attached hydrogens (primary N) is 1. The number of aromatic amines is 1. The second-order valence-electron chi connectivity index (χ2n) is 5.29. The molecule has 118 valence electrons. The van der Waals surface area contributed by atoms with Gasteiger partial charge in [-0.05, 0) is 19.8 Å². The summed E-state index contributed by atoms with van der Waals surface area (Å²) in [6.07, 6.45) is 6.01. The first-order chi connectivity index (χ1) is 10.0. The Kier molecular flexibility index (Phi) is 6.20. The molecule has 1 amide bonds. The molecule has 1 unspecified atom stereocenters. The maximum absolute atomic E-state index is 12.7. The maximum Gasteiger partial charge on any atom is 0.234 e. The summed E-state index contributed by atoms with van der Waals surface area (Å²) < 4.78 is 0. The van der Waals surface area contributed by atoms with E-state index < -0.39 is 5.41 Å². The van der Waals surface area contributed by atoms with Gasteiger partial charge in [-0.1, -0.05) is 31.8 Å². The van der Waals surface area contributed by atoms with Crippen LogP contribution >= 0.6 is 0 Å². The Labute approximate surface area is 125 Å². The molecule has 5 N–H and O–H groups in total. The quantitative estimate of drug-likeness (QED) is 0.254. The van der Waals surface area contributed by atoms with E-state index in [-0.39, 0.29) is 17.8 Å². The molecule has 1 aromatic rings. The van der Waals surface area contributed by atoms with Gasteiger partial charge in [0.25, 0.3) is 0 Å². The van der Waals surface area contributed by atoms with Crippen molar-refractivity contribution in [3.8, 4) is 0 Å². The van der Waals surface area contributed by atoms with Gasteiger partial charge in [0.2, 0.25) is 5.91 Å². The number of carbonyl (C=O) groups excluding carboxylic acids is 1. The fourth-order valence-electron chi connectivity index (χ4n) is 2.59. The Morgan fingerprint density at radius 2 is 2.14 bits per heavy atom. The lowest BCUT2D eigenvalue weighted by Gasteiger charge is -2.32. The Balaban J connectivity index is 2.98. The molecule has 0 spiro atoms. The molecule has 0 saturated heterocycles. The number of aromatic nitrogens is 2. The van der Waals surface area contributed by atoms with Crippen molar-refractivity contribution in [3.63, 3.8) is 0 Å². The van der Waals surface area contributed by atoms with Crippen LogP contribution in [-0.2, 0) is 4.79 Å². The molecule has 0 fully saturated rings. The number of carbonyl (C=O) groups is 1. The van der Waals surface area contributed by atoms with Crippen LogP contribution in [0.15, 0.2) is 17.5 Å². The normalized spacial score (nSPS) is 14.0. The number of rotatable bonds is 8. The first kappa shape index (κ1) is 17.0. The van der Waals surface area contributed by atoms with Gasteiger partial charge >= 0.3 is 0 Å². The van der Waals surface area contributed by atoms with Gasteiger partial charge < -0.3 is 16.3 Å². The molecule has 0 radical (unpaired) electrons. The zero-order valence-electron chi connectivity index (χ0n) is 12.9. The first-order valence-electron chi connectivity index (χ1n) is 7.29. The van der Waals surface area contributed by atoms with Crippen LogP contribution in [0.25, 0.3) is 0 Å². The lowest BCUT2D eigenvalue weighted by atomic mass is 9.77. The number of hydrogen-bond donors (Lipinski definition) is 4. The predicted octanol–water partition coefficient (Wildman–Crippen LogP) is 1.92. The van der Waals surface area contributed by atoms with Crippen molar-refractivity contribution in [3.05, 3.63) is 18.0 Å². The third kappa shape index (κ3) is 3.74. The molecule has 7 heteroatoms. The minimum absolute atomic E-state index is 0.0249. The molecule has 1 rings (SSSR count). The number of nitrogens with one attached hydrogen (secondary N) is 2. The van der Waals surface area contributed by atoms with Crippen LogP contribution in [0.4, 0.5) is 0 Å². The average molecular weight is 295 g/mol. The van der Waals surface area contributed by atoms with Crippen molar-refractivity contribution in [2.24, 2.45) is 16.3 Å². The summed E-state index contributed by atoms with van der Waals surface area (Å²) in [5, 5.41) is 21.7. The van der Waals surface area contributed by atoms with Crippen LogP contribution in [0.5, 0.6) is 0 Å². The van der Waals surface area contributed by atoms with Gasteiger partial charge in [0, 0.05) is 11.8 Å². The highest BCUT2D eigenvalue weighted by molar-refractivity contribution is 6.06. The van der Waals surface area contributed by atoms with Crippen molar-refractivity contribution >= 4 is 11.7 Å². The van der Waals surface area contributed by atoms with Crippen molar-refractivity contribution in [1.82, 2.24) is 15.5 Å². The van der Waals surface area contributed by atoms with Gasteiger partial charge in [0.15, 0.2) is 5.84 Å². The van der Waals surface area contributed by atoms with E-state index in [0.717, 1.165) is 18.4 Å². The standard InChI is InChI=1S/C14H25N5O2/c1-4-6-14(7-5-2,12(15)19-21)13(20)18-10(3)11-8-16-17-9-11/h8-10,21H,4-7H2,1-3H3,(H2,15,19)(H,16,17)(H,18,20). The Morgan fingerprint density at radius 3 is 2.57 bits per heavy atom. The first-order valence-corrected chi connectivity index (χ1v) is 7.29. The van der Waals surface area contributed by atoms with E-state index >= 15 is 0 Å². The minimum atomic E-state index is -0.962. The molecule has 7 nitrogen and oxygen atoms in total. The second-order valence-corrected chi connectivity index (χ2v) is 5.29. The highest BCUT2D eigenvalue weighted by atomic mass is 16.4. The van der Waals surface area contributed by atoms with Crippen LogP contribution < -0.4 is 11.1 Å². The number of oxime groups is 1. The average Bonchev–Trinajstić information content (AvgIpc) is 3.00. The topological polar surface area (TPSA) is 116 Å². The molecule has 0 aliphatic heterocycles. The lowest BCUT2D eigenvalue weighted by molar-refractivity contribution is -0.129. The van der Waals surface area contributed by atoms with Gasteiger partial charge in [0.05, 0.1) is 12.2 Å². The van der Waals surface area contributed by atoms with E-state index in [1.54, 1.807) is 12.4 Å². The van der Waals surface area contributed by atoms with Gasteiger partial charge in [-0.25, -0.2) is 0 Å². The summed E-state index contributed by atoms with van der Waals surface area (Å²) in [6.45, 7) is 5.82. The summed E-state index contributed by atoms with van der Waals surface area (Å²) in [7, 11) is 0. The molecule has 1 heterocycles. The summed E-state index contributed by atoms with van der Waals surface area (Å²) in [5.41, 5.74) is 5.76. The van der Waals surface area contributed by atoms with E-state index in [9.17, 15) is 4.79 Å². The number of nitrogens with zero attached hydrogens (tertiary/aromatic N) is 2. The van der Waals surface area contributed by atoms with Gasteiger partial charge in [-0.2, -0.15) is 5.10 Å². The maximum atomic E-state index is 12.7. The summed E-state index contributed by atoms with van der Waals surface area (Å²) in [4.78, 5) is 12.7. The Hall–Kier alpha value is -2.05. The second kappa shape index (κ2) is 7.66. The van der Waals surface area contributed by atoms with Crippen LogP contribution in [0.3, 0.4) is 0 Å². The van der Waals surface area contributed by atoms with Gasteiger partial charge in [-0.15, -0.1) is 0 Å². The zero-order valence-corrected chi connectivity index (χ0v) is 12.9.